The second kappa shape index (κ2) is 11.6. The number of aromatic nitrogens is 2. The Morgan fingerprint density at radius 1 is 1.47 bits per heavy atom. The molecule has 0 radical (unpaired) electrons. The van der Waals surface area contributed by atoms with Gasteiger partial charge in [-0.25, -0.2) is 4.98 Å². The first-order valence-corrected chi connectivity index (χ1v) is 11.6. The average Bonchev–Trinajstić information content (AvgIpc) is 3.29. The fraction of sp³-hybridized carbons (Fsp3) is 0.429. The van der Waals surface area contributed by atoms with Crippen LogP contribution in [-0.4, -0.2) is 64.6 Å². The summed E-state index contributed by atoms with van der Waals surface area (Å²) in [5.74, 6) is 1.19. The highest BCUT2D eigenvalue weighted by Gasteiger charge is 2.27. The monoisotopic (exact) mass is 572 g/mol. The quantitative estimate of drug-likeness (QED) is 0.313. The van der Waals surface area contributed by atoms with Crippen molar-refractivity contribution in [2.45, 2.75) is 25.4 Å². The Morgan fingerprint density at radius 2 is 2.28 bits per heavy atom. The van der Waals surface area contributed by atoms with E-state index in [2.05, 4.69) is 48.2 Å². The highest BCUT2D eigenvalue weighted by atomic mass is 127. The third-order valence-corrected chi connectivity index (χ3v) is 6.34. The van der Waals surface area contributed by atoms with Crippen LogP contribution in [-0.2, 0) is 6.54 Å². The number of ether oxygens (including phenoxy) is 1. The van der Waals surface area contributed by atoms with Gasteiger partial charge in [0.25, 0.3) is 5.91 Å². The Kier molecular flexibility index (Phi) is 8.88. The third kappa shape index (κ3) is 5.99. The van der Waals surface area contributed by atoms with Crippen molar-refractivity contribution in [1.82, 2.24) is 15.3 Å². The predicted molar refractivity (Wildman–Crippen MR) is 135 cm³/mol. The molecule has 3 rings (SSSR count). The Balaban J connectivity index is 1.85. The van der Waals surface area contributed by atoms with E-state index in [-0.39, 0.29) is 18.6 Å². The summed E-state index contributed by atoms with van der Waals surface area (Å²) in [6.07, 6.45) is 3.35. The van der Waals surface area contributed by atoms with Crippen LogP contribution in [0.25, 0.3) is 0 Å². The van der Waals surface area contributed by atoms with Gasteiger partial charge in [0.1, 0.15) is 17.1 Å². The number of anilines is 2. The van der Waals surface area contributed by atoms with E-state index in [1.165, 1.54) is 6.20 Å². The van der Waals surface area contributed by atoms with Gasteiger partial charge in [0.05, 0.1) is 35.0 Å². The van der Waals surface area contributed by atoms with Crippen molar-refractivity contribution in [3.63, 3.8) is 0 Å². The maximum atomic E-state index is 12.8. The molecule has 1 amide bonds. The van der Waals surface area contributed by atoms with Gasteiger partial charge in [0.2, 0.25) is 5.95 Å². The van der Waals surface area contributed by atoms with E-state index in [1.54, 1.807) is 26.3 Å². The van der Waals surface area contributed by atoms with Gasteiger partial charge >= 0.3 is 0 Å². The van der Waals surface area contributed by atoms with Crippen LogP contribution in [0.15, 0.2) is 29.4 Å². The zero-order valence-electron chi connectivity index (χ0n) is 17.9. The van der Waals surface area contributed by atoms with Gasteiger partial charge in [0.15, 0.2) is 0 Å². The topological polar surface area (TPSA) is 112 Å². The number of rotatable bonds is 9. The van der Waals surface area contributed by atoms with Gasteiger partial charge in [-0.2, -0.15) is 4.98 Å². The molecular weight excluding hydrogens is 547 g/mol. The molecule has 1 atom stereocenters. The molecule has 2 aromatic rings. The van der Waals surface area contributed by atoms with Crippen molar-refractivity contribution >= 4 is 55.6 Å². The van der Waals surface area contributed by atoms with Gasteiger partial charge in [-0.3, -0.25) is 9.79 Å². The number of methoxy groups -OCH3 is 1. The van der Waals surface area contributed by atoms with Crippen LogP contribution in [0.1, 0.15) is 28.8 Å². The van der Waals surface area contributed by atoms with Crippen LogP contribution < -0.4 is 20.3 Å². The fourth-order valence-corrected chi connectivity index (χ4v) is 3.90. The van der Waals surface area contributed by atoms with E-state index in [4.69, 9.17) is 16.3 Å². The van der Waals surface area contributed by atoms with Crippen molar-refractivity contribution in [2.24, 2.45) is 4.99 Å². The Morgan fingerprint density at radius 3 is 2.97 bits per heavy atom. The van der Waals surface area contributed by atoms with Gasteiger partial charge < -0.3 is 25.4 Å². The molecular formula is C21H26ClIN6O3. The number of halogens is 2. The molecule has 1 aliphatic heterocycles. The highest BCUT2D eigenvalue weighted by molar-refractivity contribution is 14.1. The molecule has 9 nitrogen and oxygen atoms in total. The van der Waals surface area contributed by atoms with E-state index in [0.717, 1.165) is 28.7 Å². The standard InChI is InChI=1S/C21H26ClIN6O3/c1-24-18(23)11-26-20(31)15-10-27-21(29-7-3-4-14(29)12-30)28-19(15)25-9-13-5-6-17(32-2)16(22)8-13/h5-6,8,10,14,30H,3-4,7,9,11-12H2,1-2H3,(H,26,31)(H,25,27,28)/b24-18-/t14-/m0/s1. The summed E-state index contributed by atoms with van der Waals surface area (Å²) in [4.78, 5) is 27.9. The Hall–Kier alpha value is -2.18. The zero-order valence-corrected chi connectivity index (χ0v) is 20.9. The van der Waals surface area contributed by atoms with E-state index in [0.29, 0.717) is 41.2 Å². The Bertz CT molecular complexity index is 990. The minimum absolute atomic E-state index is 0.0229. The first kappa shape index (κ1) is 24.5. The predicted octanol–water partition coefficient (Wildman–Crippen LogP) is 2.90. The summed E-state index contributed by atoms with van der Waals surface area (Å²) in [6, 6.07) is 5.46. The lowest BCUT2D eigenvalue weighted by atomic mass is 10.2. The summed E-state index contributed by atoms with van der Waals surface area (Å²) in [5.41, 5.74) is 1.23. The normalized spacial score (nSPS) is 16.2. The molecule has 172 valence electrons. The molecule has 3 N–H and O–H groups in total. The molecule has 2 heterocycles. The molecule has 0 unspecified atom stereocenters. The first-order chi connectivity index (χ1) is 15.5. The number of aliphatic hydroxyl groups excluding tert-OH is 1. The van der Waals surface area contributed by atoms with E-state index in [1.807, 2.05) is 11.0 Å². The average molecular weight is 573 g/mol. The lowest BCUT2D eigenvalue weighted by molar-refractivity contribution is 0.0959. The van der Waals surface area contributed by atoms with Crippen molar-refractivity contribution in [3.8, 4) is 5.75 Å². The summed E-state index contributed by atoms with van der Waals surface area (Å²) >= 11 is 8.31. The number of hydrogen-bond donors (Lipinski definition) is 3. The van der Waals surface area contributed by atoms with Crippen LogP contribution in [0.2, 0.25) is 5.02 Å². The number of carbonyl (C=O) groups is 1. The van der Waals surface area contributed by atoms with Crippen LogP contribution >= 0.6 is 34.2 Å². The number of carbonyl (C=O) groups excluding carboxylic acids is 1. The van der Waals surface area contributed by atoms with Crippen molar-refractivity contribution in [3.05, 3.63) is 40.5 Å². The molecule has 11 heteroatoms. The molecule has 1 aromatic carbocycles. The molecule has 32 heavy (non-hydrogen) atoms. The number of nitrogens with zero attached hydrogens (tertiary/aromatic N) is 4. The number of aliphatic hydroxyl groups is 1. The lowest BCUT2D eigenvalue weighted by Crippen LogP contribution is -2.34. The number of aliphatic imine (C=N–C) groups is 1. The molecule has 0 aliphatic carbocycles. The number of benzene rings is 1. The van der Waals surface area contributed by atoms with Gasteiger partial charge in [-0.1, -0.05) is 17.7 Å². The molecule has 1 fully saturated rings. The van der Waals surface area contributed by atoms with E-state index in [9.17, 15) is 9.90 Å². The molecule has 1 aliphatic rings. The highest BCUT2D eigenvalue weighted by Crippen LogP contribution is 2.27. The lowest BCUT2D eigenvalue weighted by Gasteiger charge is -2.24. The second-order valence-corrected chi connectivity index (χ2v) is 8.86. The molecule has 0 saturated carbocycles. The summed E-state index contributed by atoms with van der Waals surface area (Å²) in [7, 11) is 3.24. The zero-order chi connectivity index (χ0) is 23.1. The minimum Gasteiger partial charge on any atom is -0.495 e. The largest absolute Gasteiger partial charge is 0.495 e. The SMILES string of the molecule is C/N=C(\I)CNC(=O)c1cnc(N2CCC[C@H]2CO)nc1NCc1ccc(OC)c(Cl)c1. The summed E-state index contributed by atoms with van der Waals surface area (Å²) < 4.78 is 5.98. The molecule has 0 bridgehead atoms. The van der Waals surface area contributed by atoms with Gasteiger partial charge in [-0.05, 0) is 53.1 Å². The molecule has 0 spiro atoms. The second-order valence-electron chi connectivity index (χ2n) is 7.21. The number of hydrogen-bond acceptors (Lipinski definition) is 8. The van der Waals surface area contributed by atoms with Gasteiger partial charge in [0, 0.05) is 26.3 Å². The Labute approximate surface area is 205 Å². The van der Waals surface area contributed by atoms with Crippen LogP contribution in [0.4, 0.5) is 11.8 Å². The third-order valence-electron chi connectivity index (χ3n) is 5.18. The van der Waals surface area contributed by atoms with Crippen molar-refractivity contribution < 1.29 is 14.6 Å². The first-order valence-electron chi connectivity index (χ1n) is 10.2. The van der Waals surface area contributed by atoms with Crippen molar-refractivity contribution in [2.75, 3.05) is 44.1 Å². The maximum Gasteiger partial charge on any atom is 0.256 e. The summed E-state index contributed by atoms with van der Waals surface area (Å²) in [6.45, 7) is 1.52. The van der Waals surface area contributed by atoms with Crippen LogP contribution in [0.5, 0.6) is 5.75 Å². The van der Waals surface area contributed by atoms with E-state index >= 15 is 0 Å². The molecule has 1 saturated heterocycles. The van der Waals surface area contributed by atoms with Crippen LogP contribution in [0.3, 0.4) is 0 Å². The smallest absolute Gasteiger partial charge is 0.256 e. The molecule has 1 aromatic heterocycles. The number of amides is 1. The van der Waals surface area contributed by atoms with E-state index < -0.39 is 0 Å². The summed E-state index contributed by atoms with van der Waals surface area (Å²) in [5, 5.41) is 16.2. The number of nitrogens with one attached hydrogen (secondary N) is 2. The van der Waals surface area contributed by atoms with Crippen LogP contribution in [0, 0.1) is 0 Å². The maximum absolute atomic E-state index is 12.8. The minimum atomic E-state index is -0.301. The fourth-order valence-electron chi connectivity index (χ4n) is 3.43. The van der Waals surface area contributed by atoms with Gasteiger partial charge in [-0.15, -0.1) is 0 Å². The van der Waals surface area contributed by atoms with Crippen molar-refractivity contribution in [1.29, 1.82) is 0 Å².